The Kier molecular flexibility index (Phi) is 5.96. The van der Waals surface area contributed by atoms with Gasteiger partial charge in [0.1, 0.15) is 23.6 Å². The van der Waals surface area contributed by atoms with Gasteiger partial charge >= 0.3 is 0 Å². The van der Waals surface area contributed by atoms with Crippen LogP contribution in [-0.2, 0) is 9.59 Å². The number of hydrogen-bond acceptors (Lipinski definition) is 4. The number of benzene rings is 2. The number of carbonyl (C=O) groups excluding carboxylic acids is 2. The van der Waals surface area contributed by atoms with Crippen LogP contribution in [0, 0.1) is 6.92 Å². The molecule has 27 heavy (non-hydrogen) atoms. The van der Waals surface area contributed by atoms with Crippen molar-refractivity contribution in [3.05, 3.63) is 60.2 Å². The lowest BCUT2D eigenvalue weighted by Crippen LogP contribution is -2.46. The van der Waals surface area contributed by atoms with Crippen LogP contribution in [0.15, 0.2) is 54.6 Å². The fraction of sp³-hybridized carbons (Fsp3) is 0.333. The lowest BCUT2D eigenvalue weighted by molar-refractivity contribution is -0.139. The number of likely N-dealkylation sites (N-methyl/N-ethyl adjacent to an activating group) is 1. The molecule has 3 rings (SSSR count). The zero-order valence-electron chi connectivity index (χ0n) is 15.6. The van der Waals surface area contributed by atoms with Crippen LogP contribution < -0.4 is 14.8 Å². The van der Waals surface area contributed by atoms with Gasteiger partial charge in [0, 0.05) is 13.5 Å². The van der Waals surface area contributed by atoms with E-state index in [1.807, 2.05) is 61.5 Å². The summed E-state index contributed by atoms with van der Waals surface area (Å²) in [6.45, 7) is 2.22. The maximum atomic E-state index is 12.7. The van der Waals surface area contributed by atoms with E-state index in [0.29, 0.717) is 18.7 Å². The van der Waals surface area contributed by atoms with Crippen molar-refractivity contribution in [3.63, 3.8) is 0 Å². The molecule has 0 aromatic heterocycles. The molecule has 6 heteroatoms. The van der Waals surface area contributed by atoms with E-state index >= 15 is 0 Å². The smallest absolute Gasteiger partial charge is 0.261 e. The molecule has 0 spiro atoms. The van der Waals surface area contributed by atoms with Crippen LogP contribution in [0.1, 0.15) is 12.0 Å². The quantitative estimate of drug-likeness (QED) is 0.849. The zero-order chi connectivity index (χ0) is 19.2. The summed E-state index contributed by atoms with van der Waals surface area (Å²) in [5.74, 6) is 0.922. The van der Waals surface area contributed by atoms with Crippen molar-refractivity contribution >= 4 is 11.8 Å². The van der Waals surface area contributed by atoms with E-state index in [4.69, 9.17) is 9.47 Å². The SMILES string of the molecule is CNC(=O)[C@H]1C[C@H](Oc2ccccc2)CN1C(=O)COc1ccc(C)cc1. The maximum Gasteiger partial charge on any atom is 0.261 e. The van der Waals surface area contributed by atoms with Crippen molar-refractivity contribution in [2.24, 2.45) is 0 Å². The first-order valence-corrected chi connectivity index (χ1v) is 8.99. The molecule has 142 valence electrons. The Morgan fingerprint density at radius 2 is 1.78 bits per heavy atom. The van der Waals surface area contributed by atoms with Gasteiger partial charge in [-0.25, -0.2) is 0 Å². The summed E-state index contributed by atoms with van der Waals surface area (Å²) in [5, 5.41) is 2.63. The monoisotopic (exact) mass is 368 g/mol. The topological polar surface area (TPSA) is 67.9 Å². The molecule has 2 atom stereocenters. The number of carbonyl (C=O) groups is 2. The second kappa shape index (κ2) is 8.58. The normalized spacial score (nSPS) is 18.8. The molecular formula is C21H24N2O4. The van der Waals surface area contributed by atoms with Crippen LogP contribution in [0.2, 0.25) is 0 Å². The number of ether oxygens (including phenoxy) is 2. The van der Waals surface area contributed by atoms with Crippen LogP contribution in [0.25, 0.3) is 0 Å². The summed E-state index contributed by atoms with van der Waals surface area (Å²) in [6, 6.07) is 16.3. The second-order valence-corrected chi connectivity index (χ2v) is 6.57. The fourth-order valence-corrected chi connectivity index (χ4v) is 3.13. The third-order valence-corrected chi connectivity index (χ3v) is 4.56. The summed E-state index contributed by atoms with van der Waals surface area (Å²) in [7, 11) is 1.57. The number of nitrogens with zero attached hydrogens (tertiary/aromatic N) is 1. The van der Waals surface area contributed by atoms with Gasteiger partial charge in [0.2, 0.25) is 5.91 Å². The second-order valence-electron chi connectivity index (χ2n) is 6.57. The minimum atomic E-state index is -0.558. The molecule has 0 radical (unpaired) electrons. The van der Waals surface area contributed by atoms with E-state index in [9.17, 15) is 9.59 Å². The minimum absolute atomic E-state index is 0.116. The number of para-hydroxylation sites is 1. The number of likely N-dealkylation sites (tertiary alicyclic amines) is 1. The Bertz CT molecular complexity index is 777. The number of amides is 2. The van der Waals surface area contributed by atoms with E-state index in [2.05, 4.69) is 5.32 Å². The van der Waals surface area contributed by atoms with Gasteiger partial charge in [0.15, 0.2) is 6.61 Å². The van der Waals surface area contributed by atoms with Crippen molar-refractivity contribution in [1.29, 1.82) is 0 Å². The van der Waals surface area contributed by atoms with Crippen molar-refractivity contribution in [2.45, 2.75) is 25.5 Å². The largest absolute Gasteiger partial charge is 0.488 e. The van der Waals surface area contributed by atoms with E-state index in [1.165, 1.54) is 0 Å². The molecule has 0 unspecified atom stereocenters. The zero-order valence-corrected chi connectivity index (χ0v) is 15.6. The first-order chi connectivity index (χ1) is 13.1. The Hall–Kier alpha value is -3.02. The Balaban J connectivity index is 1.64. The highest BCUT2D eigenvalue weighted by Crippen LogP contribution is 2.24. The van der Waals surface area contributed by atoms with E-state index in [-0.39, 0.29) is 24.5 Å². The maximum absolute atomic E-state index is 12.7. The van der Waals surface area contributed by atoms with Gasteiger partial charge in [-0.2, -0.15) is 0 Å². The van der Waals surface area contributed by atoms with Crippen LogP contribution in [-0.4, -0.2) is 49.1 Å². The molecule has 0 saturated carbocycles. The van der Waals surface area contributed by atoms with Gasteiger partial charge in [-0.05, 0) is 31.2 Å². The van der Waals surface area contributed by atoms with Crippen LogP contribution in [0.5, 0.6) is 11.5 Å². The summed E-state index contributed by atoms with van der Waals surface area (Å²) >= 11 is 0. The Morgan fingerprint density at radius 1 is 1.07 bits per heavy atom. The highest BCUT2D eigenvalue weighted by molar-refractivity contribution is 5.88. The first kappa shape index (κ1) is 18.8. The fourth-order valence-electron chi connectivity index (χ4n) is 3.13. The third-order valence-electron chi connectivity index (χ3n) is 4.56. The summed E-state index contributed by atoms with van der Waals surface area (Å²) in [5.41, 5.74) is 1.12. The van der Waals surface area contributed by atoms with Gasteiger partial charge in [-0.3, -0.25) is 9.59 Å². The van der Waals surface area contributed by atoms with Crippen molar-refractivity contribution in [3.8, 4) is 11.5 Å². The first-order valence-electron chi connectivity index (χ1n) is 8.99. The molecule has 2 aromatic rings. The van der Waals surface area contributed by atoms with Crippen LogP contribution in [0.4, 0.5) is 0 Å². The highest BCUT2D eigenvalue weighted by atomic mass is 16.5. The van der Waals surface area contributed by atoms with Crippen molar-refractivity contribution in [2.75, 3.05) is 20.2 Å². The summed E-state index contributed by atoms with van der Waals surface area (Å²) in [6.07, 6.45) is 0.211. The van der Waals surface area contributed by atoms with Crippen LogP contribution >= 0.6 is 0 Å². The number of aryl methyl sites for hydroxylation is 1. The molecule has 0 bridgehead atoms. The summed E-state index contributed by atoms with van der Waals surface area (Å²) in [4.78, 5) is 26.5. The molecule has 1 saturated heterocycles. The lowest BCUT2D eigenvalue weighted by atomic mass is 10.2. The third kappa shape index (κ3) is 4.78. The predicted molar refractivity (Wildman–Crippen MR) is 102 cm³/mol. The predicted octanol–water partition coefficient (Wildman–Crippen LogP) is 2.17. The molecular weight excluding hydrogens is 344 g/mol. The molecule has 1 aliphatic rings. The summed E-state index contributed by atoms with van der Waals surface area (Å²) < 4.78 is 11.5. The molecule has 2 amide bonds. The van der Waals surface area contributed by atoms with E-state index < -0.39 is 6.04 Å². The van der Waals surface area contributed by atoms with E-state index in [0.717, 1.165) is 11.3 Å². The number of nitrogens with one attached hydrogen (secondary N) is 1. The molecule has 1 heterocycles. The average Bonchev–Trinajstić information content (AvgIpc) is 3.11. The van der Waals surface area contributed by atoms with Crippen molar-refractivity contribution < 1.29 is 19.1 Å². The molecule has 0 aliphatic carbocycles. The minimum Gasteiger partial charge on any atom is -0.488 e. The average molecular weight is 368 g/mol. The van der Waals surface area contributed by atoms with Crippen molar-refractivity contribution in [1.82, 2.24) is 10.2 Å². The van der Waals surface area contributed by atoms with Gasteiger partial charge in [-0.15, -0.1) is 0 Å². The number of rotatable bonds is 6. The van der Waals surface area contributed by atoms with Crippen LogP contribution in [0.3, 0.4) is 0 Å². The molecule has 1 fully saturated rings. The number of hydrogen-bond donors (Lipinski definition) is 1. The highest BCUT2D eigenvalue weighted by Gasteiger charge is 2.40. The molecule has 6 nitrogen and oxygen atoms in total. The van der Waals surface area contributed by atoms with Gasteiger partial charge in [0.25, 0.3) is 5.91 Å². The Morgan fingerprint density at radius 3 is 2.44 bits per heavy atom. The molecule has 1 aliphatic heterocycles. The van der Waals surface area contributed by atoms with Gasteiger partial charge in [-0.1, -0.05) is 35.9 Å². The van der Waals surface area contributed by atoms with Gasteiger partial charge in [0.05, 0.1) is 6.54 Å². The molecule has 2 aromatic carbocycles. The Labute approximate surface area is 159 Å². The standard InChI is InChI=1S/C21H24N2O4/c1-15-8-10-16(11-9-15)26-14-20(24)23-13-18(12-19(23)21(25)22-2)27-17-6-4-3-5-7-17/h3-11,18-19H,12-14H2,1-2H3,(H,22,25)/t18-,19+/m0/s1. The molecule has 1 N–H and O–H groups in total. The lowest BCUT2D eigenvalue weighted by Gasteiger charge is -2.23. The van der Waals surface area contributed by atoms with Gasteiger partial charge < -0.3 is 19.7 Å². The van der Waals surface area contributed by atoms with E-state index in [1.54, 1.807) is 11.9 Å².